The van der Waals surface area contributed by atoms with E-state index in [1.165, 1.54) is 0 Å². The van der Waals surface area contributed by atoms with E-state index in [-0.39, 0.29) is 12.1 Å². The maximum absolute atomic E-state index is 12.6. The molecule has 2 aliphatic heterocycles. The topological polar surface area (TPSA) is 64.1 Å². The fourth-order valence-electron chi connectivity index (χ4n) is 3.41. The van der Waals surface area contributed by atoms with Crippen molar-refractivity contribution >= 4 is 12.0 Å². The lowest BCUT2D eigenvalue weighted by molar-refractivity contribution is -0.148. The molecule has 21 heavy (non-hydrogen) atoms. The highest BCUT2D eigenvalue weighted by Crippen LogP contribution is 2.34. The molecule has 6 heteroatoms. The third-order valence-electron chi connectivity index (χ3n) is 5.29. The minimum Gasteiger partial charge on any atom is -0.481 e. The minimum absolute atomic E-state index is 0.0128. The molecule has 6 nitrogen and oxygen atoms in total. The summed E-state index contributed by atoms with van der Waals surface area (Å²) in [5, 5.41) is 9.42. The van der Waals surface area contributed by atoms with Crippen LogP contribution in [0.2, 0.25) is 0 Å². The number of carboxylic acid groups (broad SMARTS) is 1. The molecule has 2 aliphatic rings. The molecule has 2 heterocycles. The fourth-order valence-corrected chi connectivity index (χ4v) is 3.41. The van der Waals surface area contributed by atoms with Crippen LogP contribution in [0.1, 0.15) is 32.6 Å². The largest absolute Gasteiger partial charge is 0.481 e. The molecule has 0 saturated carbocycles. The number of carbonyl (C=O) groups excluding carboxylic acids is 1. The molecule has 0 aromatic heterocycles. The van der Waals surface area contributed by atoms with Crippen molar-refractivity contribution in [3.05, 3.63) is 0 Å². The Bertz CT molecular complexity index is 407. The summed E-state index contributed by atoms with van der Waals surface area (Å²) in [7, 11) is 3.95. The van der Waals surface area contributed by atoms with Crippen LogP contribution in [0.3, 0.4) is 0 Å². The number of carbonyl (C=O) groups is 2. The standard InChI is InChI=1S/C15H27N3O3/c1-4-15(13(19)20)7-10-18(11-15)14(21)17(3)12-5-8-16(2)9-6-12/h12H,4-11H2,1-3H3,(H,19,20). The third kappa shape index (κ3) is 3.15. The first-order chi connectivity index (χ1) is 9.89. The SMILES string of the molecule is CCC1(C(=O)O)CCN(C(=O)N(C)C2CCN(C)CC2)C1. The van der Waals surface area contributed by atoms with Crippen molar-refractivity contribution in [2.75, 3.05) is 40.3 Å². The molecule has 2 rings (SSSR count). The lowest BCUT2D eigenvalue weighted by Crippen LogP contribution is -2.49. The van der Waals surface area contributed by atoms with Gasteiger partial charge in [-0.3, -0.25) is 4.79 Å². The van der Waals surface area contributed by atoms with Gasteiger partial charge in [0.1, 0.15) is 0 Å². The number of hydrogen-bond acceptors (Lipinski definition) is 3. The first kappa shape index (κ1) is 16.1. The Hall–Kier alpha value is -1.30. The zero-order valence-corrected chi connectivity index (χ0v) is 13.3. The van der Waals surface area contributed by atoms with Gasteiger partial charge in [0.25, 0.3) is 0 Å². The zero-order chi connectivity index (χ0) is 15.6. The summed E-state index contributed by atoms with van der Waals surface area (Å²) >= 11 is 0. The van der Waals surface area contributed by atoms with Crippen LogP contribution in [-0.2, 0) is 4.79 Å². The smallest absolute Gasteiger partial charge is 0.320 e. The van der Waals surface area contributed by atoms with Crippen molar-refractivity contribution in [2.45, 2.75) is 38.6 Å². The van der Waals surface area contributed by atoms with Crippen molar-refractivity contribution < 1.29 is 14.7 Å². The van der Waals surface area contributed by atoms with Gasteiger partial charge in [0.2, 0.25) is 0 Å². The first-order valence-electron chi connectivity index (χ1n) is 7.83. The molecule has 0 bridgehead atoms. The van der Waals surface area contributed by atoms with Gasteiger partial charge in [0.15, 0.2) is 0 Å². The average Bonchev–Trinajstić information content (AvgIpc) is 2.92. The van der Waals surface area contributed by atoms with Crippen LogP contribution in [0.25, 0.3) is 0 Å². The quantitative estimate of drug-likeness (QED) is 0.853. The predicted molar refractivity (Wildman–Crippen MR) is 80.2 cm³/mol. The Labute approximate surface area is 126 Å². The molecular weight excluding hydrogens is 270 g/mol. The van der Waals surface area contributed by atoms with Crippen molar-refractivity contribution in [1.82, 2.24) is 14.7 Å². The molecule has 2 amide bonds. The van der Waals surface area contributed by atoms with E-state index in [1.54, 1.807) is 4.90 Å². The molecular formula is C15H27N3O3. The second-order valence-electron chi connectivity index (χ2n) is 6.54. The molecule has 1 N–H and O–H groups in total. The molecule has 0 spiro atoms. The van der Waals surface area contributed by atoms with Crippen molar-refractivity contribution in [2.24, 2.45) is 5.41 Å². The van der Waals surface area contributed by atoms with Gasteiger partial charge in [0, 0.05) is 26.2 Å². The lowest BCUT2D eigenvalue weighted by atomic mass is 9.84. The fraction of sp³-hybridized carbons (Fsp3) is 0.867. The molecule has 0 aromatic carbocycles. The summed E-state index contributed by atoms with van der Waals surface area (Å²) in [4.78, 5) is 29.9. The summed E-state index contributed by atoms with van der Waals surface area (Å²) in [5.41, 5.74) is -0.747. The van der Waals surface area contributed by atoms with E-state index in [9.17, 15) is 14.7 Å². The number of rotatable bonds is 3. The molecule has 0 aliphatic carbocycles. The van der Waals surface area contributed by atoms with Gasteiger partial charge in [-0.05, 0) is 45.8 Å². The summed E-state index contributed by atoms with van der Waals surface area (Å²) in [5.74, 6) is -0.776. The van der Waals surface area contributed by atoms with Crippen LogP contribution in [0.4, 0.5) is 4.79 Å². The maximum atomic E-state index is 12.6. The van der Waals surface area contributed by atoms with E-state index in [4.69, 9.17) is 0 Å². The van der Waals surface area contributed by atoms with Crippen LogP contribution >= 0.6 is 0 Å². The number of urea groups is 1. The summed E-state index contributed by atoms with van der Waals surface area (Å²) < 4.78 is 0. The normalized spacial score (nSPS) is 27.9. The second-order valence-corrected chi connectivity index (χ2v) is 6.54. The Morgan fingerprint density at radius 1 is 1.29 bits per heavy atom. The highest BCUT2D eigenvalue weighted by molar-refractivity contribution is 5.79. The highest BCUT2D eigenvalue weighted by atomic mass is 16.4. The highest BCUT2D eigenvalue weighted by Gasteiger charge is 2.45. The molecule has 2 fully saturated rings. The third-order valence-corrected chi connectivity index (χ3v) is 5.29. The Balaban J connectivity index is 1.96. The monoisotopic (exact) mass is 297 g/mol. The van der Waals surface area contributed by atoms with Gasteiger partial charge < -0.3 is 19.8 Å². The van der Waals surface area contributed by atoms with Gasteiger partial charge in [-0.2, -0.15) is 0 Å². The van der Waals surface area contributed by atoms with Gasteiger partial charge in [0.05, 0.1) is 5.41 Å². The molecule has 2 saturated heterocycles. The van der Waals surface area contributed by atoms with Crippen LogP contribution in [0.15, 0.2) is 0 Å². The van der Waals surface area contributed by atoms with Crippen LogP contribution in [0, 0.1) is 5.41 Å². The average molecular weight is 297 g/mol. The van der Waals surface area contributed by atoms with Crippen LogP contribution < -0.4 is 0 Å². The van der Waals surface area contributed by atoms with Gasteiger partial charge in [-0.1, -0.05) is 6.92 Å². The number of carboxylic acids is 1. The Kier molecular flexibility index (Phi) is 4.76. The summed E-state index contributed by atoms with van der Waals surface area (Å²) in [6.07, 6.45) is 3.12. The molecule has 1 atom stereocenters. The van der Waals surface area contributed by atoms with Crippen molar-refractivity contribution in [3.63, 3.8) is 0 Å². The first-order valence-corrected chi connectivity index (χ1v) is 7.83. The van der Waals surface area contributed by atoms with E-state index in [0.717, 1.165) is 25.9 Å². The molecule has 1 unspecified atom stereocenters. The van der Waals surface area contributed by atoms with Crippen LogP contribution in [0.5, 0.6) is 0 Å². The van der Waals surface area contributed by atoms with Crippen molar-refractivity contribution in [1.29, 1.82) is 0 Å². The van der Waals surface area contributed by atoms with Gasteiger partial charge in [-0.25, -0.2) is 4.79 Å². The van der Waals surface area contributed by atoms with E-state index >= 15 is 0 Å². The summed E-state index contributed by atoms with van der Waals surface area (Å²) in [6.45, 7) is 4.81. The molecule has 0 aromatic rings. The van der Waals surface area contributed by atoms with E-state index in [1.807, 2.05) is 18.9 Å². The zero-order valence-electron chi connectivity index (χ0n) is 13.3. The second kappa shape index (κ2) is 6.22. The number of likely N-dealkylation sites (tertiary alicyclic amines) is 2. The maximum Gasteiger partial charge on any atom is 0.320 e. The predicted octanol–water partition coefficient (Wildman–Crippen LogP) is 1.32. The van der Waals surface area contributed by atoms with Crippen LogP contribution in [-0.4, -0.2) is 78.1 Å². The van der Waals surface area contributed by atoms with E-state index < -0.39 is 11.4 Å². The minimum atomic E-state index is -0.776. The number of nitrogens with zero attached hydrogens (tertiary/aromatic N) is 3. The number of piperidine rings is 1. The Morgan fingerprint density at radius 2 is 1.90 bits per heavy atom. The number of amides is 2. The molecule has 120 valence electrons. The Morgan fingerprint density at radius 3 is 2.38 bits per heavy atom. The molecule has 0 radical (unpaired) electrons. The van der Waals surface area contributed by atoms with Gasteiger partial charge in [-0.15, -0.1) is 0 Å². The van der Waals surface area contributed by atoms with E-state index in [2.05, 4.69) is 11.9 Å². The number of hydrogen-bond donors (Lipinski definition) is 1. The van der Waals surface area contributed by atoms with Gasteiger partial charge >= 0.3 is 12.0 Å². The number of aliphatic carboxylic acids is 1. The van der Waals surface area contributed by atoms with E-state index in [0.29, 0.717) is 25.9 Å². The van der Waals surface area contributed by atoms with Crippen molar-refractivity contribution in [3.8, 4) is 0 Å². The lowest BCUT2D eigenvalue weighted by Gasteiger charge is -2.37. The summed E-state index contributed by atoms with van der Waals surface area (Å²) in [6, 6.07) is 0.260.